The molecule has 1 N–H and O–H groups in total. The lowest BCUT2D eigenvalue weighted by molar-refractivity contribution is -0.153. The Hall–Kier alpha value is -2.53. The summed E-state index contributed by atoms with van der Waals surface area (Å²) in [5.41, 5.74) is 1.36. The molecule has 26 heavy (non-hydrogen) atoms. The SMILES string of the molecule is Cc1c(Cl)cccc1NC(=O)[C@H](C)OC(=O)CCCOc1ccccc1. The fraction of sp³-hybridized carbons (Fsp3) is 0.300. The zero-order valence-corrected chi connectivity index (χ0v) is 15.6. The van der Waals surface area contributed by atoms with Crippen LogP contribution in [0.2, 0.25) is 5.02 Å². The normalized spacial score (nSPS) is 11.5. The summed E-state index contributed by atoms with van der Waals surface area (Å²) in [4.78, 5) is 24.0. The number of nitrogens with one attached hydrogen (secondary N) is 1. The van der Waals surface area contributed by atoms with Gasteiger partial charge in [0.2, 0.25) is 0 Å². The molecule has 0 aromatic heterocycles. The van der Waals surface area contributed by atoms with Crippen LogP contribution in [0, 0.1) is 6.92 Å². The number of esters is 1. The zero-order chi connectivity index (χ0) is 18.9. The van der Waals surface area contributed by atoms with Gasteiger partial charge in [0, 0.05) is 17.1 Å². The minimum absolute atomic E-state index is 0.181. The maximum atomic E-state index is 12.2. The molecule has 0 aliphatic heterocycles. The highest BCUT2D eigenvalue weighted by molar-refractivity contribution is 6.31. The Kier molecular flexibility index (Phi) is 7.48. The minimum Gasteiger partial charge on any atom is -0.494 e. The summed E-state index contributed by atoms with van der Waals surface area (Å²) in [6.45, 7) is 3.75. The Balaban J connectivity index is 1.72. The van der Waals surface area contributed by atoms with E-state index in [1.54, 1.807) is 25.1 Å². The van der Waals surface area contributed by atoms with E-state index in [4.69, 9.17) is 21.1 Å². The summed E-state index contributed by atoms with van der Waals surface area (Å²) in [6, 6.07) is 14.6. The first kappa shape index (κ1) is 19.8. The van der Waals surface area contributed by atoms with Gasteiger partial charge in [0.25, 0.3) is 5.91 Å². The van der Waals surface area contributed by atoms with Gasteiger partial charge in [0.05, 0.1) is 6.61 Å². The monoisotopic (exact) mass is 375 g/mol. The van der Waals surface area contributed by atoms with Crippen LogP contribution in [0.5, 0.6) is 5.75 Å². The van der Waals surface area contributed by atoms with Crippen LogP contribution < -0.4 is 10.1 Å². The molecule has 6 heteroatoms. The van der Waals surface area contributed by atoms with Crippen molar-refractivity contribution in [3.8, 4) is 5.75 Å². The number of carbonyl (C=O) groups excluding carboxylic acids is 2. The van der Waals surface area contributed by atoms with Crippen LogP contribution >= 0.6 is 11.6 Å². The Bertz CT molecular complexity index is 749. The average molecular weight is 376 g/mol. The van der Waals surface area contributed by atoms with E-state index in [1.165, 1.54) is 6.92 Å². The van der Waals surface area contributed by atoms with Gasteiger partial charge in [0.1, 0.15) is 5.75 Å². The molecule has 1 amide bonds. The Morgan fingerprint density at radius 3 is 2.58 bits per heavy atom. The van der Waals surface area contributed by atoms with Crippen molar-refractivity contribution < 1.29 is 19.1 Å². The van der Waals surface area contributed by atoms with Crippen LogP contribution in [-0.4, -0.2) is 24.6 Å². The van der Waals surface area contributed by atoms with Crippen LogP contribution in [0.25, 0.3) is 0 Å². The number of anilines is 1. The number of amides is 1. The summed E-state index contributed by atoms with van der Waals surface area (Å²) < 4.78 is 10.7. The van der Waals surface area contributed by atoms with Crippen LogP contribution in [-0.2, 0) is 14.3 Å². The lowest BCUT2D eigenvalue weighted by Gasteiger charge is -2.15. The second-order valence-electron chi connectivity index (χ2n) is 5.80. The molecule has 2 rings (SSSR count). The lowest BCUT2D eigenvalue weighted by Crippen LogP contribution is -2.30. The zero-order valence-electron chi connectivity index (χ0n) is 14.8. The van der Waals surface area contributed by atoms with Gasteiger partial charge in [-0.2, -0.15) is 0 Å². The third-order valence-electron chi connectivity index (χ3n) is 3.74. The van der Waals surface area contributed by atoms with Crippen molar-refractivity contribution in [2.45, 2.75) is 32.8 Å². The van der Waals surface area contributed by atoms with Crippen LogP contribution in [0.4, 0.5) is 5.69 Å². The second-order valence-corrected chi connectivity index (χ2v) is 6.21. The molecule has 138 valence electrons. The molecule has 0 aliphatic carbocycles. The average Bonchev–Trinajstić information content (AvgIpc) is 2.63. The van der Waals surface area contributed by atoms with Crippen molar-refractivity contribution in [2.24, 2.45) is 0 Å². The van der Waals surface area contributed by atoms with Crippen molar-refractivity contribution in [3.63, 3.8) is 0 Å². The fourth-order valence-corrected chi connectivity index (χ4v) is 2.38. The van der Waals surface area contributed by atoms with E-state index < -0.39 is 18.0 Å². The summed E-state index contributed by atoms with van der Waals surface area (Å²) in [7, 11) is 0. The molecule has 2 aromatic carbocycles. The predicted molar refractivity (Wildman–Crippen MR) is 102 cm³/mol. The molecule has 0 saturated heterocycles. The smallest absolute Gasteiger partial charge is 0.306 e. The maximum Gasteiger partial charge on any atom is 0.306 e. The molecule has 0 fully saturated rings. The molecule has 0 heterocycles. The van der Waals surface area contributed by atoms with Crippen molar-refractivity contribution >= 4 is 29.2 Å². The van der Waals surface area contributed by atoms with Gasteiger partial charge >= 0.3 is 5.97 Å². The van der Waals surface area contributed by atoms with E-state index in [2.05, 4.69) is 5.32 Å². The summed E-state index contributed by atoms with van der Waals surface area (Å²) in [5, 5.41) is 3.28. The van der Waals surface area contributed by atoms with Gasteiger partial charge in [-0.25, -0.2) is 0 Å². The lowest BCUT2D eigenvalue weighted by atomic mass is 10.2. The van der Waals surface area contributed by atoms with E-state index in [9.17, 15) is 9.59 Å². The molecule has 0 radical (unpaired) electrons. The number of hydrogen-bond acceptors (Lipinski definition) is 4. The molecular weight excluding hydrogens is 354 g/mol. The second kappa shape index (κ2) is 9.82. The molecule has 1 atom stereocenters. The number of ether oxygens (including phenoxy) is 2. The van der Waals surface area contributed by atoms with Gasteiger partial charge in [-0.3, -0.25) is 9.59 Å². The van der Waals surface area contributed by atoms with E-state index in [0.29, 0.717) is 23.7 Å². The van der Waals surface area contributed by atoms with Crippen molar-refractivity contribution in [3.05, 3.63) is 59.1 Å². The standard InChI is InChI=1S/C20H22ClNO4/c1-14-17(21)10-6-11-18(14)22-20(24)15(2)26-19(23)12-7-13-25-16-8-4-3-5-9-16/h3-6,8-11,15H,7,12-13H2,1-2H3,(H,22,24)/t15-/m0/s1. The Morgan fingerprint density at radius 1 is 1.12 bits per heavy atom. The molecule has 0 aliphatic rings. The molecule has 0 bridgehead atoms. The first-order chi connectivity index (χ1) is 12.5. The first-order valence-electron chi connectivity index (χ1n) is 8.40. The molecule has 0 spiro atoms. The predicted octanol–water partition coefficient (Wildman–Crippen LogP) is 4.38. The highest BCUT2D eigenvalue weighted by atomic mass is 35.5. The Morgan fingerprint density at radius 2 is 1.85 bits per heavy atom. The van der Waals surface area contributed by atoms with Crippen LogP contribution in [0.1, 0.15) is 25.3 Å². The number of para-hydroxylation sites is 1. The van der Waals surface area contributed by atoms with Gasteiger partial charge in [-0.15, -0.1) is 0 Å². The molecule has 0 unspecified atom stereocenters. The van der Waals surface area contributed by atoms with Gasteiger partial charge in [-0.1, -0.05) is 35.9 Å². The number of hydrogen-bond donors (Lipinski definition) is 1. The molecule has 5 nitrogen and oxygen atoms in total. The summed E-state index contributed by atoms with van der Waals surface area (Å²) in [5.74, 6) is -0.0816. The summed E-state index contributed by atoms with van der Waals surface area (Å²) >= 11 is 6.03. The van der Waals surface area contributed by atoms with E-state index in [-0.39, 0.29) is 6.42 Å². The number of benzene rings is 2. The van der Waals surface area contributed by atoms with E-state index >= 15 is 0 Å². The largest absolute Gasteiger partial charge is 0.494 e. The number of halogens is 1. The molecule has 2 aromatic rings. The number of rotatable bonds is 8. The van der Waals surface area contributed by atoms with E-state index in [1.807, 2.05) is 30.3 Å². The summed E-state index contributed by atoms with van der Waals surface area (Å²) in [6.07, 6.45) is -0.202. The highest BCUT2D eigenvalue weighted by Gasteiger charge is 2.18. The molecular formula is C20H22ClNO4. The molecule has 0 saturated carbocycles. The van der Waals surface area contributed by atoms with Crippen molar-refractivity contribution in [2.75, 3.05) is 11.9 Å². The van der Waals surface area contributed by atoms with Crippen LogP contribution in [0.15, 0.2) is 48.5 Å². The Labute approximate surface area is 158 Å². The third-order valence-corrected chi connectivity index (χ3v) is 4.15. The maximum absolute atomic E-state index is 12.2. The quantitative estimate of drug-likeness (QED) is 0.549. The van der Waals surface area contributed by atoms with Gasteiger partial charge in [-0.05, 0) is 50.1 Å². The van der Waals surface area contributed by atoms with Gasteiger partial charge < -0.3 is 14.8 Å². The number of carbonyl (C=O) groups is 2. The minimum atomic E-state index is -0.893. The third kappa shape index (κ3) is 6.08. The topological polar surface area (TPSA) is 64.6 Å². The first-order valence-corrected chi connectivity index (χ1v) is 8.78. The van der Waals surface area contributed by atoms with Crippen molar-refractivity contribution in [1.29, 1.82) is 0 Å². The van der Waals surface area contributed by atoms with Crippen LogP contribution in [0.3, 0.4) is 0 Å². The van der Waals surface area contributed by atoms with Gasteiger partial charge in [0.15, 0.2) is 6.10 Å². The van der Waals surface area contributed by atoms with Crippen molar-refractivity contribution in [1.82, 2.24) is 0 Å². The fourth-order valence-electron chi connectivity index (χ4n) is 2.21. The highest BCUT2D eigenvalue weighted by Crippen LogP contribution is 2.23. The van der Waals surface area contributed by atoms with E-state index in [0.717, 1.165) is 11.3 Å².